The van der Waals surface area contributed by atoms with Crippen LogP contribution in [-0.2, 0) is 14.9 Å². The molecule has 6 nitrogen and oxygen atoms in total. The molecule has 0 fully saturated rings. The summed E-state index contributed by atoms with van der Waals surface area (Å²) in [5, 5.41) is 2.99. The van der Waals surface area contributed by atoms with Crippen LogP contribution in [0.3, 0.4) is 0 Å². The third kappa shape index (κ3) is 6.32. The fraction of sp³-hybridized carbons (Fsp3) is 1.00. The number of nitrogens with zero attached hydrogens (tertiary/aromatic N) is 2. The fourth-order valence-corrected chi connectivity index (χ4v) is 2.43. The zero-order valence-corrected chi connectivity index (χ0v) is 12.1. The van der Waals surface area contributed by atoms with E-state index < -0.39 is 10.2 Å². The molecule has 0 atom stereocenters. The van der Waals surface area contributed by atoms with Crippen LogP contribution in [0.15, 0.2) is 0 Å². The van der Waals surface area contributed by atoms with Crippen molar-refractivity contribution in [2.24, 2.45) is 0 Å². The maximum Gasteiger partial charge on any atom is 0.281 e. The highest BCUT2D eigenvalue weighted by Crippen LogP contribution is 2.04. The smallest absolute Gasteiger partial charge is 0.281 e. The lowest BCUT2D eigenvalue weighted by molar-refractivity contribution is 0.137. The average Bonchev–Trinajstić information content (AvgIpc) is 2.29. The first-order valence-corrected chi connectivity index (χ1v) is 7.26. The average molecular weight is 267 g/mol. The molecule has 0 unspecified atom stereocenters. The molecule has 104 valence electrons. The molecule has 0 spiro atoms. The van der Waals surface area contributed by atoms with E-state index in [0.717, 1.165) is 13.0 Å². The van der Waals surface area contributed by atoms with E-state index in [1.165, 1.54) is 8.61 Å². The Balaban J connectivity index is 4.14. The third-order valence-corrected chi connectivity index (χ3v) is 4.38. The highest BCUT2D eigenvalue weighted by Gasteiger charge is 2.22. The maximum atomic E-state index is 12.0. The number of nitrogens with one attached hydrogen (secondary N) is 1. The van der Waals surface area contributed by atoms with Gasteiger partial charge in [-0.3, -0.25) is 0 Å². The predicted octanol–water partition coefficient (Wildman–Crippen LogP) is -0.259. The van der Waals surface area contributed by atoms with Crippen molar-refractivity contribution in [2.75, 3.05) is 54.0 Å². The monoisotopic (exact) mass is 267 g/mol. The Morgan fingerprint density at radius 3 is 2.29 bits per heavy atom. The highest BCUT2D eigenvalue weighted by molar-refractivity contribution is 7.86. The normalized spacial score (nSPS) is 12.6. The van der Waals surface area contributed by atoms with E-state index in [1.54, 1.807) is 14.1 Å². The van der Waals surface area contributed by atoms with E-state index in [-0.39, 0.29) is 0 Å². The molecule has 7 heteroatoms. The first-order chi connectivity index (χ1) is 7.96. The predicted molar refractivity (Wildman–Crippen MR) is 69.2 cm³/mol. The molecule has 17 heavy (non-hydrogen) atoms. The molecular formula is C10H25N3O3S. The molecule has 0 saturated carbocycles. The Morgan fingerprint density at radius 2 is 1.76 bits per heavy atom. The van der Waals surface area contributed by atoms with E-state index in [4.69, 9.17) is 4.74 Å². The van der Waals surface area contributed by atoms with Gasteiger partial charge in [0.2, 0.25) is 0 Å². The zero-order chi connectivity index (χ0) is 13.3. The van der Waals surface area contributed by atoms with Gasteiger partial charge in [0.15, 0.2) is 0 Å². The Kier molecular flexibility index (Phi) is 8.71. The first-order valence-electron chi connectivity index (χ1n) is 5.86. The Bertz CT molecular complexity index is 261. The summed E-state index contributed by atoms with van der Waals surface area (Å²) in [5.41, 5.74) is 0. The van der Waals surface area contributed by atoms with Gasteiger partial charge >= 0.3 is 0 Å². The largest absolute Gasteiger partial charge is 0.380 e. The molecular weight excluding hydrogens is 242 g/mol. The second-order valence-corrected chi connectivity index (χ2v) is 5.95. The SMILES string of the molecule is CCOCCN(C)S(=O)(=O)N(C)CCCNC. The van der Waals surface area contributed by atoms with Crippen LogP contribution in [0, 0.1) is 0 Å². The van der Waals surface area contributed by atoms with Crippen LogP contribution in [-0.4, -0.2) is 71.0 Å². The topological polar surface area (TPSA) is 61.9 Å². The minimum absolute atomic E-state index is 0.381. The van der Waals surface area contributed by atoms with E-state index in [9.17, 15) is 8.42 Å². The van der Waals surface area contributed by atoms with E-state index >= 15 is 0 Å². The van der Waals surface area contributed by atoms with Crippen molar-refractivity contribution in [1.82, 2.24) is 13.9 Å². The minimum Gasteiger partial charge on any atom is -0.380 e. The molecule has 0 aliphatic heterocycles. The van der Waals surface area contributed by atoms with Crippen molar-refractivity contribution in [3.05, 3.63) is 0 Å². The molecule has 0 aromatic rings. The van der Waals surface area contributed by atoms with Crippen LogP contribution in [0.2, 0.25) is 0 Å². The van der Waals surface area contributed by atoms with Crippen molar-refractivity contribution in [3.63, 3.8) is 0 Å². The van der Waals surface area contributed by atoms with Crippen molar-refractivity contribution < 1.29 is 13.2 Å². The van der Waals surface area contributed by atoms with Crippen LogP contribution in [0.25, 0.3) is 0 Å². The van der Waals surface area contributed by atoms with Gasteiger partial charge in [0, 0.05) is 33.8 Å². The van der Waals surface area contributed by atoms with Gasteiger partial charge in [-0.1, -0.05) is 0 Å². The molecule has 0 aromatic heterocycles. The molecule has 0 bridgehead atoms. The molecule has 1 N–H and O–H groups in total. The summed E-state index contributed by atoms with van der Waals surface area (Å²) in [6, 6.07) is 0. The summed E-state index contributed by atoms with van der Waals surface area (Å²) in [6.45, 7) is 4.62. The van der Waals surface area contributed by atoms with Gasteiger partial charge in [-0.2, -0.15) is 17.0 Å². The van der Waals surface area contributed by atoms with E-state index in [2.05, 4.69) is 5.32 Å². The third-order valence-electron chi connectivity index (χ3n) is 2.44. The highest BCUT2D eigenvalue weighted by atomic mass is 32.2. The molecule has 0 radical (unpaired) electrons. The molecule has 0 amide bonds. The van der Waals surface area contributed by atoms with Gasteiger partial charge < -0.3 is 10.1 Å². The number of ether oxygens (including phenoxy) is 1. The van der Waals surface area contributed by atoms with Gasteiger partial charge in [-0.25, -0.2) is 0 Å². The second-order valence-electron chi connectivity index (χ2n) is 3.80. The van der Waals surface area contributed by atoms with Crippen LogP contribution < -0.4 is 5.32 Å². The van der Waals surface area contributed by atoms with Gasteiger partial charge in [0.25, 0.3) is 10.2 Å². The lowest BCUT2D eigenvalue weighted by Crippen LogP contribution is -2.41. The number of rotatable bonds is 10. The minimum atomic E-state index is -3.34. The summed E-state index contributed by atoms with van der Waals surface area (Å²) in [5.74, 6) is 0. The van der Waals surface area contributed by atoms with Crippen molar-refractivity contribution in [1.29, 1.82) is 0 Å². The van der Waals surface area contributed by atoms with E-state index in [1.807, 2.05) is 14.0 Å². The zero-order valence-electron chi connectivity index (χ0n) is 11.3. The molecule has 0 aromatic carbocycles. The first kappa shape index (κ1) is 16.8. The maximum absolute atomic E-state index is 12.0. The number of hydrogen-bond acceptors (Lipinski definition) is 4. The van der Waals surface area contributed by atoms with Crippen molar-refractivity contribution in [2.45, 2.75) is 13.3 Å². The number of hydrogen-bond donors (Lipinski definition) is 1. The van der Waals surface area contributed by atoms with Gasteiger partial charge in [-0.05, 0) is 26.9 Å². The summed E-state index contributed by atoms with van der Waals surface area (Å²) in [6.07, 6.45) is 0.797. The Morgan fingerprint density at radius 1 is 1.18 bits per heavy atom. The molecule has 0 rings (SSSR count). The lowest BCUT2D eigenvalue weighted by Gasteiger charge is -2.24. The van der Waals surface area contributed by atoms with Gasteiger partial charge in [-0.15, -0.1) is 0 Å². The van der Waals surface area contributed by atoms with Crippen molar-refractivity contribution in [3.8, 4) is 0 Å². The quantitative estimate of drug-likeness (QED) is 0.554. The molecule has 0 aliphatic carbocycles. The summed E-state index contributed by atoms with van der Waals surface area (Å²) < 4.78 is 31.8. The second kappa shape index (κ2) is 8.82. The molecule has 0 saturated heterocycles. The van der Waals surface area contributed by atoms with E-state index in [0.29, 0.717) is 26.3 Å². The Labute approximate surface area is 105 Å². The summed E-state index contributed by atoms with van der Waals surface area (Å²) >= 11 is 0. The number of likely N-dealkylation sites (N-methyl/N-ethyl adjacent to an activating group) is 1. The van der Waals surface area contributed by atoms with Crippen LogP contribution >= 0.6 is 0 Å². The van der Waals surface area contributed by atoms with Crippen LogP contribution in [0.1, 0.15) is 13.3 Å². The summed E-state index contributed by atoms with van der Waals surface area (Å²) in [4.78, 5) is 0. The van der Waals surface area contributed by atoms with Crippen LogP contribution in [0.4, 0.5) is 0 Å². The fourth-order valence-electron chi connectivity index (χ4n) is 1.28. The lowest BCUT2D eigenvalue weighted by atomic mass is 10.4. The van der Waals surface area contributed by atoms with Gasteiger partial charge in [0.05, 0.1) is 6.61 Å². The van der Waals surface area contributed by atoms with Crippen LogP contribution in [0.5, 0.6) is 0 Å². The standard InChI is InChI=1S/C10H25N3O3S/c1-5-16-10-9-13(4)17(14,15)12(3)8-6-7-11-2/h11H,5-10H2,1-4H3. The van der Waals surface area contributed by atoms with Crippen molar-refractivity contribution >= 4 is 10.2 Å². The molecule has 0 heterocycles. The summed E-state index contributed by atoms with van der Waals surface area (Å²) in [7, 11) is 1.68. The molecule has 0 aliphatic rings. The Hall–Kier alpha value is -0.210. The van der Waals surface area contributed by atoms with Gasteiger partial charge in [0.1, 0.15) is 0 Å².